The fourth-order valence-electron chi connectivity index (χ4n) is 7.68. The van der Waals surface area contributed by atoms with Crippen LogP contribution in [0, 0.1) is 0 Å². The predicted molar refractivity (Wildman–Crippen MR) is 288 cm³/mol. The molecule has 0 amide bonds. The van der Waals surface area contributed by atoms with Crippen LogP contribution in [0.4, 0.5) is 0 Å². The van der Waals surface area contributed by atoms with Gasteiger partial charge < -0.3 is 14.2 Å². The Balaban J connectivity index is 4.33. The summed E-state index contributed by atoms with van der Waals surface area (Å²) in [6.07, 6.45) is 71.6. The summed E-state index contributed by atoms with van der Waals surface area (Å²) in [5, 5.41) is 0. The number of hydrogen-bond donors (Lipinski definition) is 0. The number of carbonyl (C=O) groups is 3. The second-order valence-electron chi connectivity index (χ2n) is 18.5. The molecule has 0 aliphatic carbocycles. The quantitative estimate of drug-likeness (QED) is 0.0262. The lowest BCUT2D eigenvalue weighted by atomic mass is 10.0. The molecule has 0 rings (SSSR count). The molecule has 6 nitrogen and oxygen atoms in total. The van der Waals surface area contributed by atoms with Gasteiger partial charge in [0.1, 0.15) is 13.2 Å². The van der Waals surface area contributed by atoms with Crippen LogP contribution in [0.5, 0.6) is 0 Å². The van der Waals surface area contributed by atoms with Crippen molar-refractivity contribution in [2.75, 3.05) is 13.2 Å². The number of esters is 3. The standard InChI is InChI=1S/C61H104O6/c1-4-7-10-13-16-19-21-23-25-27-28-29-30-31-32-34-35-37-39-42-45-48-51-54-60(63)66-57-58(56-65-59(62)53-50-47-44-41-18-15-12-9-6-3)67-61(64)55-52-49-46-43-40-38-36-33-26-24-22-20-17-14-11-8-5-2/h8,11,17,20-21,23-24,26-28,36,38,43,46,58H,4-7,9-10,12-16,18-19,22,25,29-35,37,39-42,44-45,47-57H2,1-3H3/b11-8-,20-17-,23-21-,26-24-,28-27-,38-36-,46-43-. The van der Waals surface area contributed by atoms with Crippen molar-refractivity contribution in [1.82, 2.24) is 0 Å². The summed E-state index contributed by atoms with van der Waals surface area (Å²) < 4.78 is 16.8. The van der Waals surface area contributed by atoms with E-state index in [1.54, 1.807) is 0 Å². The fourth-order valence-corrected chi connectivity index (χ4v) is 7.68. The van der Waals surface area contributed by atoms with Crippen LogP contribution < -0.4 is 0 Å². The van der Waals surface area contributed by atoms with Gasteiger partial charge in [-0.2, -0.15) is 0 Å². The average molecular weight is 933 g/mol. The van der Waals surface area contributed by atoms with Crippen LogP contribution in [-0.4, -0.2) is 37.2 Å². The minimum absolute atomic E-state index is 0.0984. The number of unbranched alkanes of at least 4 members (excludes halogenated alkanes) is 25. The summed E-state index contributed by atoms with van der Waals surface area (Å²) >= 11 is 0. The maximum Gasteiger partial charge on any atom is 0.306 e. The molecule has 0 bridgehead atoms. The Kier molecular flexibility index (Phi) is 52.4. The van der Waals surface area contributed by atoms with Crippen molar-refractivity contribution in [3.8, 4) is 0 Å². The van der Waals surface area contributed by atoms with Gasteiger partial charge in [0.25, 0.3) is 0 Å². The third-order valence-corrected chi connectivity index (χ3v) is 11.9. The number of allylic oxidation sites excluding steroid dienone is 14. The molecule has 0 fully saturated rings. The van der Waals surface area contributed by atoms with Crippen LogP contribution in [-0.2, 0) is 28.6 Å². The zero-order valence-electron chi connectivity index (χ0n) is 43.9. The molecule has 6 heteroatoms. The summed E-state index contributed by atoms with van der Waals surface area (Å²) in [5.74, 6) is -0.959. The highest BCUT2D eigenvalue weighted by Crippen LogP contribution is 2.15. The van der Waals surface area contributed by atoms with E-state index in [4.69, 9.17) is 14.2 Å². The van der Waals surface area contributed by atoms with E-state index < -0.39 is 6.10 Å². The van der Waals surface area contributed by atoms with Crippen molar-refractivity contribution in [1.29, 1.82) is 0 Å². The molecule has 1 unspecified atom stereocenters. The van der Waals surface area contributed by atoms with Gasteiger partial charge in [-0.1, -0.05) is 241 Å². The lowest BCUT2D eigenvalue weighted by Crippen LogP contribution is -2.30. The van der Waals surface area contributed by atoms with Gasteiger partial charge in [-0.3, -0.25) is 14.4 Å². The summed E-state index contributed by atoms with van der Waals surface area (Å²) in [6.45, 7) is 6.45. The van der Waals surface area contributed by atoms with E-state index in [0.717, 1.165) is 83.5 Å². The molecule has 0 aromatic rings. The van der Waals surface area contributed by atoms with Crippen LogP contribution >= 0.6 is 0 Å². The highest BCUT2D eigenvalue weighted by atomic mass is 16.6. The second kappa shape index (κ2) is 55.2. The molecule has 0 heterocycles. The Morgan fingerprint density at radius 3 is 0.955 bits per heavy atom. The monoisotopic (exact) mass is 933 g/mol. The first kappa shape index (κ1) is 63.6. The molecule has 0 saturated heterocycles. The van der Waals surface area contributed by atoms with Crippen molar-refractivity contribution in [2.45, 2.75) is 271 Å². The van der Waals surface area contributed by atoms with Crippen molar-refractivity contribution in [2.24, 2.45) is 0 Å². The van der Waals surface area contributed by atoms with Gasteiger partial charge in [-0.15, -0.1) is 0 Å². The number of rotatable bonds is 50. The second-order valence-corrected chi connectivity index (χ2v) is 18.5. The number of hydrogen-bond acceptors (Lipinski definition) is 6. The normalized spacial score (nSPS) is 12.7. The molecule has 67 heavy (non-hydrogen) atoms. The Hall–Kier alpha value is -3.41. The molecule has 0 radical (unpaired) electrons. The van der Waals surface area contributed by atoms with Gasteiger partial charge in [0.15, 0.2) is 6.10 Å². The molecule has 1 atom stereocenters. The Morgan fingerprint density at radius 1 is 0.313 bits per heavy atom. The Morgan fingerprint density at radius 2 is 0.597 bits per heavy atom. The van der Waals surface area contributed by atoms with E-state index in [0.29, 0.717) is 19.3 Å². The zero-order chi connectivity index (χ0) is 48.6. The summed E-state index contributed by atoms with van der Waals surface area (Å²) in [7, 11) is 0. The van der Waals surface area contributed by atoms with E-state index in [-0.39, 0.29) is 37.5 Å². The van der Waals surface area contributed by atoms with Gasteiger partial charge in [0, 0.05) is 19.3 Å². The molecule has 0 aliphatic rings. The zero-order valence-corrected chi connectivity index (χ0v) is 43.9. The average Bonchev–Trinajstić information content (AvgIpc) is 3.33. The molecule has 0 saturated carbocycles. The largest absolute Gasteiger partial charge is 0.462 e. The molecule has 384 valence electrons. The van der Waals surface area contributed by atoms with E-state index >= 15 is 0 Å². The first-order valence-electron chi connectivity index (χ1n) is 28.1. The van der Waals surface area contributed by atoms with Crippen molar-refractivity contribution in [3.05, 3.63) is 85.1 Å². The predicted octanol–water partition coefficient (Wildman–Crippen LogP) is 18.8. The molecular formula is C61H104O6. The van der Waals surface area contributed by atoms with Crippen LogP contribution in [0.25, 0.3) is 0 Å². The molecule has 0 aromatic carbocycles. The minimum atomic E-state index is -0.805. The summed E-state index contributed by atoms with van der Waals surface area (Å²) in [5.41, 5.74) is 0. The van der Waals surface area contributed by atoms with Crippen molar-refractivity contribution >= 4 is 17.9 Å². The lowest BCUT2D eigenvalue weighted by molar-refractivity contribution is -0.167. The smallest absolute Gasteiger partial charge is 0.306 e. The first-order chi connectivity index (χ1) is 33.0. The number of ether oxygens (including phenoxy) is 3. The maximum absolute atomic E-state index is 12.8. The summed E-state index contributed by atoms with van der Waals surface area (Å²) in [6, 6.07) is 0. The van der Waals surface area contributed by atoms with Gasteiger partial charge in [-0.05, 0) is 89.9 Å². The third kappa shape index (κ3) is 53.4. The van der Waals surface area contributed by atoms with Gasteiger partial charge >= 0.3 is 17.9 Å². The highest BCUT2D eigenvalue weighted by Gasteiger charge is 2.19. The van der Waals surface area contributed by atoms with Crippen LogP contribution in [0.1, 0.15) is 265 Å². The maximum atomic E-state index is 12.8. The van der Waals surface area contributed by atoms with Gasteiger partial charge in [0.2, 0.25) is 0 Å². The first-order valence-corrected chi connectivity index (χ1v) is 28.1. The number of carbonyl (C=O) groups excluding carboxylic acids is 3. The molecule has 0 aliphatic heterocycles. The van der Waals surface area contributed by atoms with Crippen molar-refractivity contribution in [3.63, 3.8) is 0 Å². The topological polar surface area (TPSA) is 78.9 Å². The van der Waals surface area contributed by atoms with Crippen molar-refractivity contribution < 1.29 is 28.6 Å². The molecular weight excluding hydrogens is 829 g/mol. The summed E-state index contributed by atoms with van der Waals surface area (Å²) in [4.78, 5) is 38.0. The van der Waals surface area contributed by atoms with Gasteiger partial charge in [-0.25, -0.2) is 0 Å². The van der Waals surface area contributed by atoms with E-state index in [1.165, 1.54) is 135 Å². The van der Waals surface area contributed by atoms with Crippen LogP contribution in [0.3, 0.4) is 0 Å². The molecule has 0 spiro atoms. The lowest BCUT2D eigenvalue weighted by Gasteiger charge is -2.18. The van der Waals surface area contributed by atoms with Crippen LogP contribution in [0.15, 0.2) is 85.1 Å². The Labute approximate surface area is 414 Å². The third-order valence-electron chi connectivity index (χ3n) is 11.9. The highest BCUT2D eigenvalue weighted by molar-refractivity contribution is 5.71. The van der Waals surface area contributed by atoms with E-state index in [1.807, 2.05) is 0 Å². The Bertz CT molecular complexity index is 1300. The SMILES string of the molecule is CC/C=C\C/C=C\C/C=C\C/C=C\C/C=C\CCCC(=O)OC(COC(=O)CCCCCCCCCCC)COC(=O)CCCCCCCCCCCCC/C=C\C/C=C\CCCCCCC. The van der Waals surface area contributed by atoms with E-state index in [2.05, 4.69) is 106 Å². The fraction of sp³-hybridized carbons (Fsp3) is 0.721. The molecule has 0 N–H and O–H groups in total. The minimum Gasteiger partial charge on any atom is -0.462 e. The van der Waals surface area contributed by atoms with E-state index in [9.17, 15) is 14.4 Å². The molecule has 0 aromatic heterocycles. The van der Waals surface area contributed by atoms with Gasteiger partial charge in [0.05, 0.1) is 0 Å². The van der Waals surface area contributed by atoms with Crippen LogP contribution in [0.2, 0.25) is 0 Å².